The predicted molar refractivity (Wildman–Crippen MR) is 469 cm³/mol. The fourth-order valence-corrected chi connectivity index (χ4v) is 17.7. The SMILES string of the molecule is C=C1NC(=O)C=CN1[C@@H]1O[C@](F)(COP(=O)(OCCCCSC(=O)C(C)(C)C)OCCCCSC(=O)C(C)(C)C)[C@@H](O)[C@@]1(C)O.C=C1NC(=O)C=CN1[C@@H]1O[C@](F)(COP(=O)(OCCOCCSC(=O)C(C)(C)C)OCCOCCSC(=O)C(C)(C)C)[C@@H](O)[C@@]1(C)O.C=C1NC(=O)C=CN1[C@@H]1O[C@](F)(COP(=O)(OCOC(=O)OC(C)C)OCOC(=O)OC(C)C)[C@@H](O)[C@@]1(C)F. The monoisotopic (exact) mass is 2020 g/mol. The van der Waals surface area contributed by atoms with Crippen LogP contribution in [0.1, 0.15) is 157 Å². The standard InChI is InChI=1S/C29H48FN2O12PS2.C29H48FN2O10PS2.C21H31F2N2O13P/c1-20-31-21(33)9-10-32(20)23-28(8,37)22(34)29(30,44-23)19-43-45(38,41-13-11-39-15-17-46-24(35)26(2,3)4)42-14-12-40-16-18-47-25(36)27(5,6)7;1-20-31-21(33)13-14-32(20)23-28(8,37)22(34)29(30,42-23)19-41-43(38,39-15-9-11-17-44-24(35)26(2,3)4)40-16-10-12-18-45-25(36)27(5,6)7;1-12(2)36-18(28)31-10-34-39(30,35-11-32-19(29)37-13(3)4)33-9-21(23)16(27)20(6,22)17(38-21)25-8-7-15(26)24-14(25)5/h9-10,22-23,34,37H,1,11-19H2,2-8H3,(H,31,33);13-14,22-23,34,37H,1,9-12,15-19H2,2-8H3,(H,31,33);7-8,12-13,16-17,27H,5,9-11H2,1-4,6H3,(H,24,26)/t2*22-,23+,28+,29+;16-,17+,20+,21+/m000/s1. The van der Waals surface area contributed by atoms with Crippen molar-refractivity contribution in [1.82, 2.24) is 30.7 Å². The Kier molecular flexibility index (Phi) is 45.6. The highest BCUT2D eigenvalue weighted by molar-refractivity contribution is 8.14. The molecule has 3 fully saturated rings. The topological polar surface area (TPSA) is 518 Å². The Morgan fingerprint density at radius 3 is 1.00 bits per heavy atom. The maximum Gasteiger partial charge on any atom is 0.510 e. The van der Waals surface area contributed by atoms with Gasteiger partial charge in [0, 0.05) is 81.5 Å². The predicted octanol–water partition coefficient (Wildman–Crippen LogP) is 10.9. The second-order valence-electron chi connectivity index (χ2n) is 34.8. The van der Waals surface area contributed by atoms with E-state index in [2.05, 4.69) is 45.2 Å². The molecule has 0 bridgehead atoms. The van der Waals surface area contributed by atoms with Gasteiger partial charge in [0.05, 0.1) is 65.1 Å². The molecule has 750 valence electrons. The molecule has 6 aliphatic heterocycles. The van der Waals surface area contributed by atoms with Crippen molar-refractivity contribution in [2.75, 3.05) is 109 Å². The second-order valence-corrected chi connectivity index (χ2v) is 44.1. The smallest absolute Gasteiger partial charge is 0.432 e. The van der Waals surface area contributed by atoms with Gasteiger partial charge in [0.1, 0.15) is 60.7 Å². The zero-order valence-corrected chi connectivity index (χ0v) is 82.8. The van der Waals surface area contributed by atoms with Crippen molar-refractivity contribution < 1.29 is 183 Å². The van der Waals surface area contributed by atoms with Crippen molar-refractivity contribution in [3.8, 4) is 0 Å². The lowest BCUT2D eigenvalue weighted by molar-refractivity contribution is -0.209. The number of unbranched alkanes of at least 4 members (excludes halogenated alkanes) is 2. The number of rotatable bonds is 46. The number of amides is 3. The largest absolute Gasteiger partial charge is 0.510 e. The summed E-state index contributed by atoms with van der Waals surface area (Å²) in [5, 5.41) is 61.0. The van der Waals surface area contributed by atoms with Gasteiger partial charge in [-0.3, -0.25) is 65.2 Å². The molecule has 8 N–H and O–H groups in total. The number of aliphatic hydroxyl groups is 5. The second kappa shape index (κ2) is 50.7. The Bertz CT molecular complexity index is 4050. The number of thioether (sulfide) groups is 4. The molecule has 0 aromatic heterocycles. The number of ether oxygens (including phenoxy) is 9. The molecule has 0 spiro atoms. The highest BCUT2D eigenvalue weighted by atomic mass is 32.2. The zero-order chi connectivity index (χ0) is 99.5. The van der Waals surface area contributed by atoms with Gasteiger partial charge in [-0.25, -0.2) is 49.9 Å². The molecule has 0 saturated carbocycles. The Morgan fingerprint density at radius 2 is 0.702 bits per heavy atom. The average Bonchev–Trinajstić information content (AvgIpc) is 1.60. The third kappa shape index (κ3) is 37.4. The number of phosphoric acid groups is 3. The summed E-state index contributed by atoms with van der Waals surface area (Å²) in [6, 6.07) is 0. The Labute approximate surface area is 776 Å². The molecule has 52 heteroatoms. The van der Waals surface area contributed by atoms with Crippen LogP contribution in [0.4, 0.5) is 27.2 Å². The molecule has 12 atom stereocenters. The first-order chi connectivity index (χ1) is 60.2. The quantitative estimate of drug-likeness (QED) is 0.00922. The lowest BCUT2D eigenvalue weighted by Gasteiger charge is -2.36. The molecule has 131 heavy (non-hydrogen) atoms. The molecule has 0 unspecified atom stereocenters. The van der Waals surface area contributed by atoms with E-state index in [1.54, 1.807) is 0 Å². The van der Waals surface area contributed by atoms with Crippen LogP contribution in [-0.2, 0) is 131 Å². The summed E-state index contributed by atoms with van der Waals surface area (Å²) in [7, 11) is -13.9. The van der Waals surface area contributed by atoms with Crippen molar-refractivity contribution >= 4 is 121 Å². The fraction of sp³-hybridized carbons (Fsp3) is 0.734. The molecule has 6 heterocycles. The van der Waals surface area contributed by atoms with E-state index >= 15 is 17.6 Å². The van der Waals surface area contributed by atoms with Gasteiger partial charge >= 0.3 is 35.8 Å². The van der Waals surface area contributed by atoms with Crippen LogP contribution in [-0.4, -0.2) is 284 Å². The number of aliphatic hydroxyl groups excluding tert-OH is 3. The maximum absolute atomic E-state index is 16.0. The van der Waals surface area contributed by atoms with E-state index in [1.165, 1.54) is 63.6 Å². The third-order valence-corrected chi connectivity index (χ3v) is 27.4. The van der Waals surface area contributed by atoms with Crippen LogP contribution in [0.25, 0.3) is 0 Å². The minimum absolute atomic E-state index is 0.00771. The van der Waals surface area contributed by atoms with Gasteiger partial charge in [0.2, 0.25) is 13.6 Å². The Hall–Kier alpha value is -5.48. The fourth-order valence-electron chi connectivity index (χ4n) is 10.8. The third-order valence-electron chi connectivity index (χ3n) is 18.0. The van der Waals surface area contributed by atoms with Crippen molar-refractivity contribution in [1.29, 1.82) is 0 Å². The van der Waals surface area contributed by atoms with Crippen molar-refractivity contribution in [2.24, 2.45) is 21.7 Å². The first-order valence-corrected chi connectivity index (χ1v) is 49.4. The van der Waals surface area contributed by atoms with Gasteiger partial charge in [-0.2, -0.15) is 0 Å². The van der Waals surface area contributed by atoms with Gasteiger partial charge in [-0.15, -0.1) is 0 Å². The minimum atomic E-state index is -4.96. The number of hydrogen-bond acceptors (Lipinski definition) is 42. The number of nitrogens with one attached hydrogen (secondary N) is 3. The first kappa shape index (κ1) is 118. The van der Waals surface area contributed by atoms with Crippen molar-refractivity contribution in [3.05, 3.63) is 74.0 Å². The lowest BCUT2D eigenvalue weighted by atomic mass is 9.95. The van der Waals surface area contributed by atoms with Gasteiger partial charge in [0.15, 0.2) is 50.9 Å². The summed E-state index contributed by atoms with van der Waals surface area (Å²) in [5.74, 6) is -9.51. The summed E-state index contributed by atoms with van der Waals surface area (Å²) in [6.45, 7) is 35.4. The van der Waals surface area contributed by atoms with Gasteiger partial charge in [-0.05, 0) is 74.1 Å². The van der Waals surface area contributed by atoms with Crippen molar-refractivity contribution in [2.45, 2.75) is 241 Å². The summed E-state index contributed by atoms with van der Waals surface area (Å²) in [4.78, 5) is 109. The molecule has 0 aromatic carbocycles. The maximum atomic E-state index is 16.0. The minimum Gasteiger partial charge on any atom is -0.432 e. The van der Waals surface area contributed by atoms with Crippen LogP contribution in [0.3, 0.4) is 0 Å². The summed E-state index contributed by atoms with van der Waals surface area (Å²) < 4.78 is 195. The molecule has 6 aliphatic rings. The van der Waals surface area contributed by atoms with Crippen molar-refractivity contribution in [3.63, 3.8) is 0 Å². The Morgan fingerprint density at radius 1 is 0.427 bits per heavy atom. The molecule has 41 nitrogen and oxygen atoms in total. The molecule has 3 saturated heterocycles. The molecule has 0 radical (unpaired) electrons. The zero-order valence-electron chi connectivity index (χ0n) is 76.9. The molecular weight excluding hydrogens is 1890 g/mol. The summed E-state index contributed by atoms with van der Waals surface area (Å²) in [5.41, 5.74) is -9.22. The van der Waals surface area contributed by atoms with Crippen LogP contribution in [0, 0.1) is 21.7 Å². The number of halogens is 4. The highest BCUT2D eigenvalue weighted by Gasteiger charge is 2.68. The average molecular weight is 2020 g/mol. The van der Waals surface area contributed by atoms with E-state index in [0.29, 0.717) is 48.7 Å². The van der Waals surface area contributed by atoms with E-state index in [4.69, 9.17) is 73.9 Å². The normalized spacial score (nSPS) is 26.1. The number of alkyl halides is 4. The van der Waals surface area contributed by atoms with Crippen LogP contribution >= 0.6 is 70.5 Å². The highest BCUT2D eigenvalue weighted by Crippen LogP contribution is 2.56. The van der Waals surface area contributed by atoms with Crippen LogP contribution in [0.15, 0.2) is 74.0 Å². The summed E-state index contributed by atoms with van der Waals surface area (Å²) in [6.07, 6.45) is -6.84. The van der Waals surface area contributed by atoms with Gasteiger partial charge < -0.3 is 98.8 Å². The number of phosphoric ester groups is 3. The van der Waals surface area contributed by atoms with E-state index < -0.39 is 192 Å². The number of nitrogens with zero attached hydrogens (tertiary/aromatic N) is 3. The number of carbonyl (C=O) groups excluding carboxylic acids is 9. The lowest BCUT2D eigenvalue weighted by Crippen LogP contribution is -2.54. The summed E-state index contributed by atoms with van der Waals surface area (Å²) >= 11 is 4.64. The van der Waals surface area contributed by atoms with Crippen LogP contribution < -0.4 is 16.0 Å². The first-order valence-electron chi connectivity index (χ1n) is 41.0. The van der Waals surface area contributed by atoms with Crippen LogP contribution in [0.5, 0.6) is 0 Å². The van der Waals surface area contributed by atoms with E-state index in [-0.39, 0.29) is 90.8 Å². The molecular formula is C79H127F4N6O35P3S4. The van der Waals surface area contributed by atoms with E-state index in [9.17, 15) is 82.4 Å². The van der Waals surface area contributed by atoms with Gasteiger partial charge in [-0.1, -0.05) is 150 Å². The molecule has 0 aliphatic carbocycles. The van der Waals surface area contributed by atoms with Crippen LogP contribution in [0.2, 0.25) is 0 Å². The Balaban J connectivity index is 0.000000413. The van der Waals surface area contributed by atoms with E-state index in [0.717, 1.165) is 83.4 Å². The van der Waals surface area contributed by atoms with Gasteiger partial charge in [0.25, 0.3) is 35.3 Å². The molecule has 0 aromatic rings. The number of hydrogen-bond donors (Lipinski definition) is 8. The molecule has 6 rings (SSSR count). The molecule has 3 amide bonds. The van der Waals surface area contributed by atoms with E-state index in [1.807, 2.05) is 83.1 Å². The number of carbonyl (C=O) groups is 9.